The summed E-state index contributed by atoms with van der Waals surface area (Å²) in [6.07, 6.45) is 1.49. The van der Waals surface area contributed by atoms with E-state index in [1.807, 2.05) is 24.3 Å². The molecule has 0 bridgehead atoms. The summed E-state index contributed by atoms with van der Waals surface area (Å²) >= 11 is 0. The Morgan fingerprint density at radius 2 is 2.00 bits per heavy atom. The first-order valence-corrected chi connectivity index (χ1v) is 7.57. The molecule has 8 heteroatoms. The number of nitrogens with one attached hydrogen (secondary N) is 2. The standard InChI is InChI=1S/C17H17N5O3/c1-22-10-12(5-8-15(22)23)17(24)18-9-14-19-16(21-20-14)11-3-6-13(25-2)7-4-11/h3-8,10H,9H2,1-2H3,(H,18,24)(H,19,20,21). The number of carbonyl (C=O) groups is 1. The van der Waals surface area contributed by atoms with Crippen LogP contribution in [0.15, 0.2) is 47.4 Å². The molecule has 3 rings (SSSR count). The molecule has 8 nitrogen and oxygen atoms in total. The summed E-state index contributed by atoms with van der Waals surface area (Å²) in [5.41, 5.74) is 1.07. The number of aromatic nitrogens is 4. The van der Waals surface area contributed by atoms with Crippen molar-refractivity contribution in [2.24, 2.45) is 7.05 Å². The van der Waals surface area contributed by atoms with E-state index in [9.17, 15) is 9.59 Å². The maximum atomic E-state index is 12.1. The van der Waals surface area contributed by atoms with Gasteiger partial charge in [0.25, 0.3) is 5.91 Å². The lowest BCUT2D eigenvalue weighted by Gasteiger charge is -2.04. The van der Waals surface area contributed by atoms with Crippen molar-refractivity contribution in [2.45, 2.75) is 6.54 Å². The summed E-state index contributed by atoms with van der Waals surface area (Å²) in [6.45, 7) is 0.199. The van der Waals surface area contributed by atoms with Crippen LogP contribution in [0.4, 0.5) is 0 Å². The van der Waals surface area contributed by atoms with Gasteiger partial charge in [0.1, 0.15) is 11.6 Å². The number of aryl methyl sites for hydroxylation is 1. The van der Waals surface area contributed by atoms with Crippen molar-refractivity contribution < 1.29 is 9.53 Å². The van der Waals surface area contributed by atoms with Gasteiger partial charge in [-0.25, -0.2) is 4.98 Å². The van der Waals surface area contributed by atoms with Gasteiger partial charge >= 0.3 is 0 Å². The fraction of sp³-hybridized carbons (Fsp3) is 0.176. The second-order valence-corrected chi connectivity index (χ2v) is 5.38. The Labute approximate surface area is 143 Å². The Hall–Kier alpha value is -3.42. The molecule has 0 saturated carbocycles. The van der Waals surface area contributed by atoms with E-state index in [0.717, 1.165) is 11.3 Å². The fourth-order valence-electron chi connectivity index (χ4n) is 2.24. The molecule has 3 aromatic rings. The monoisotopic (exact) mass is 339 g/mol. The van der Waals surface area contributed by atoms with Crippen LogP contribution in [-0.4, -0.2) is 32.8 Å². The number of carbonyl (C=O) groups excluding carboxylic acids is 1. The van der Waals surface area contributed by atoms with Crippen molar-refractivity contribution in [2.75, 3.05) is 7.11 Å². The molecule has 2 aromatic heterocycles. The molecule has 1 aromatic carbocycles. The first-order valence-electron chi connectivity index (χ1n) is 7.57. The largest absolute Gasteiger partial charge is 0.497 e. The van der Waals surface area contributed by atoms with Gasteiger partial charge in [-0.1, -0.05) is 0 Å². The Morgan fingerprint density at radius 3 is 2.68 bits per heavy atom. The van der Waals surface area contributed by atoms with Crippen molar-refractivity contribution in [3.63, 3.8) is 0 Å². The molecule has 0 radical (unpaired) electrons. The minimum atomic E-state index is -0.294. The first kappa shape index (κ1) is 16.4. The maximum absolute atomic E-state index is 12.1. The lowest BCUT2D eigenvalue weighted by molar-refractivity contribution is 0.0949. The molecule has 2 N–H and O–H groups in total. The average molecular weight is 339 g/mol. The van der Waals surface area contributed by atoms with Crippen LogP contribution in [0.1, 0.15) is 16.2 Å². The highest BCUT2D eigenvalue weighted by atomic mass is 16.5. The molecular formula is C17H17N5O3. The van der Waals surface area contributed by atoms with E-state index in [1.54, 1.807) is 14.2 Å². The highest BCUT2D eigenvalue weighted by Crippen LogP contribution is 2.18. The molecule has 1 amide bonds. The summed E-state index contributed by atoms with van der Waals surface area (Å²) in [5.74, 6) is 1.53. The van der Waals surface area contributed by atoms with Crippen LogP contribution in [-0.2, 0) is 13.6 Å². The third-order valence-corrected chi connectivity index (χ3v) is 3.64. The molecule has 0 saturated heterocycles. The molecule has 0 aliphatic rings. The number of benzene rings is 1. The van der Waals surface area contributed by atoms with Crippen LogP contribution in [0.3, 0.4) is 0 Å². The van der Waals surface area contributed by atoms with Crippen molar-refractivity contribution in [3.05, 3.63) is 64.3 Å². The molecule has 0 fully saturated rings. The third-order valence-electron chi connectivity index (χ3n) is 3.64. The normalized spacial score (nSPS) is 10.5. The van der Waals surface area contributed by atoms with Gasteiger partial charge in [-0.15, -0.1) is 0 Å². The first-order chi connectivity index (χ1) is 12.1. The molecule has 25 heavy (non-hydrogen) atoms. The van der Waals surface area contributed by atoms with Gasteiger partial charge in [0.05, 0.1) is 19.2 Å². The third kappa shape index (κ3) is 3.74. The number of nitrogens with zero attached hydrogens (tertiary/aromatic N) is 3. The van der Waals surface area contributed by atoms with E-state index in [4.69, 9.17) is 4.74 Å². The number of pyridine rings is 1. The minimum Gasteiger partial charge on any atom is -0.497 e. The molecule has 0 spiro atoms. The number of aromatic amines is 1. The van der Waals surface area contributed by atoms with E-state index in [-0.39, 0.29) is 18.0 Å². The topological polar surface area (TPSA) is 102 Å². The number of ether oxygens (including phenoxy) is 1. The SMILES string of the molecule is COc1ccc(-c2n[nH]c(CNC(=O)c3ccc(=O)n(C)c3)n2)cc1. The zero-order valence-corrected chi connectivity index (χ0v) is 13.8. The predicted molar refractivity (Wildman–Crippen MR) is 91.2 cm³/mol. The molecule has 0 aliphatic heterocycles. The summed E-state index contributed by atoms with van der Waals surface area (Å²) in [6, 6.07) is 10.2. The van der Waals surface area contributed by atoms with Crippen LogP contribution in [0.25, 0.3) is 11.4 Å². The number of hydrogen-bond donors (Lipinski definition) is 2. The fourth-order valence-corrected chi connectivity index (χ4v) is 2.24. The summed E-state index contributed by atoms with van der Waals surface area (Å²) in [4.78, 5) is 27.8. The van der Waals surface area contributed by atoms with Gasteiger partial charge < -0.3 is 14.6 Å². The minimum absolute atomic E-state index is 0.170. The van der Waals surface area contributed by atoms with Crippen LogP contribution in [0, 0.1) is 0 Å². The van der Waals surface area contributed by atoms with Crippen LogP contribution >= 0.6 is 0 Å². The van der Waals surface area contributed by atoms with Gasteiger partial charge in [-0.05, 0) is 30.3 Å². The van der Waals surface area contributed by atoms with E-state index in [0.29, 0.717) is 17.2 Å². The van der Waals surface area contributed by atoms with E-state index in [2.05, 4.69) is 20.5 Å². The number of rotatable bonds is 5. The summed E-state index contributed by atoms with van der Waals surface area (Å²) in [7, 11) is 3.20. The van der Waals surface area contributed by atoms with E-state index >= 15 is 0 Å². The van der Waals surface area contributed by atoms with Crippen LogP contribution in [0.5, 0.6) is 5.75 Å². The predicted octanol–water partition coefficient (Wildman–Crippen LogP) is 1.11. The lowest BCUT2D eigenvalue weighted by Crippen LogP contribution is -2.25. The molecule has 0 unspecified atom stereocenters. The van der Waals surface area contributed by atoms with Gasteiger partial charge in [0, 0.05) is 24.9 Å². The second-order valence-electron chi connectivity index (χ2n) is 5.38. The zero-order valence-electron chi connectivity index (χ0n) is 13.8. The van der Waals surface area contributed by atoms with Gasteiger partial charge in [0.2, 0.25) is 5.56 Å². The highest BCUT2D eigenvalue weighted by molar-refractivity contribution is 5.93. The van der Waals surface area contributed by atoms with Crippen molar-refractivity contribution >= 4 is 5.91 Å². The van der Waals surface area contributed by atoms with Crippen LogP contribution in [0.2, 0.25) is 0 Å². The van der Waals surface area contributed by atoms with Crippen molar-refractivity contribution in [1.29, 1.82) is 0 Å². The molecule has 0 aliphatic carbocycles. The van der Waals surface area contributed by atoms with E-state index in [1.165, 1.54) is 22.9 Å². The maximum Gasteiger partial charge on any atom is 0.253 e. The summed E-state index contributed by atoms with van der Waals surface area (Å²) < 4.78 is 6.47. The molecule has 2 heterocycles. The quantitative estimate of drug-likeness (QED) is 0.725. The van der Waals surface area contributed by atoms with Gasteiger partial charge in [0.15, 0.2) is 5.82 Å². The number of hydrogen-bond acceptors (Lipinski definition) is 5. The number of amides is 1. The molecule has 128 valence electrons. The smallest absolute Gasteiger partial charge is 0.253 e. The van der Waals surface area contributed by atoms with Gasteiger partial charge in [-0.3, -0.25) is 14.7 Å². The van der Waals surface area contributed by atoms with Crippen molar-refractivity contribution in [1.82, 2.24) is 25.1 Å². The van der Waals surface area contributed by atoms with Crippen molar-refractivity contribution in [3.8, 4) is 17.1 Å². The Kier molecular flexibility index (Phi) is 4.60. The van der Waals surface area contributed by atoms with Gasteiger partial charge in [-0.2, -0.15) is 5.10 Å². The highest BCUT2D eigenvalue weighted by Gasteiger charge is 2.10. The molecular weight excluding hydrogens is 322 g/mol. The average Bonchev–Trinajstić information content (AvgIpc) is 3.11. The summed E-state index contributed by atoms with van der Waals surface area (Å²) in [5, 5.41) is 9.68. The number of methoxy groups -OCH3 is 1. The molecule has 0 atom stereocenters. The van der Waals surface area contributed by atoms with Crippen LogP contribution < -0.4 is 15.6 Å². The second kappa shape index (κ2) is 7.00. The Balaban J connectivity index is 1.65. The van der Waals surface area contributed by atoms with E-state index < -0.39 is 0 Å². The Bertz CT molecular complexity index is 943. The zero-order chi connectivity index (χ0) is 17.8. The number of H-pyrrole nitrogens is 1. The Morgan fingerprint density at radius 1 is 1.24 bits per heavy atom. The lowest BCUT2D eigenvalue weighted by atomic mass is 10.2.